The van der Waals surface area contributed by atoms with Crippen LogP contribution in [0.15, 0.2) is 0 Å². The van der Waals surface area contributed by atoms with Gasteiger partial charge in [0.05, 0.1) is 12.1 Å². The van der Waals surface area contributed by atoms with Gasteiger partial charge in [-0.25, -0.2) is 0 Å². The highest BCUT2D eigenvalue weighted by Crippen LogP contribution is 2.18. The molecule has 0 aromatic heterocycles. The van der Waals surface area contributed by atoms with E-state index in [0.29, 0.717) is 19.4 Å². The highest BCUT2D eigenvalue weighted by atomic mass is 16.2. The van der Waals surface area contributed by atoms with Crippen LogP contribution in [-0.2, 0) is 9.59 Å². The minimum atomic E-state index is -0.673. The number of nitriles is 1. The molecule has 0 radical (unpaired) electrons. The van der Waals surface area contributed by atoms with Gasteiger partial charge in [-0.1, -0.05) is 0 Å². The summed E-state index contributed by atoms with van der Waals surface area (Å²) in [6.45, 7) is 2.25. The van der Waals surface area contributed by atoms with Crippen molar-refractivity contribution < 1.29 is 9.59 Å². The van der Waals surface area contributed by atoms with E-state index in [1.807, 2.05) is 4.90 Å². The predicted molar refractivity (Wildman–Crippen MR) is 78.0 cm³/mol. The number of rotatable bonds is 4. The number of carbonyl (C=O) groups excluding carboxylic acids is 2. The number of carbonyl (C=O) groups is 2. The molecular formula is C15H24N4O2. The molecule has 116 valence electrons. The second-order valence-corrected chi connectivity index (χ2v) is 5.91. The van der Waals surface area contributed by atoms with Crippen LogP contribution in [0.4, 0.5) is 0 Å². The van der Waals surface area contributed by atoms with Crippen LogP contribution in [0.3, 0.4) is 0 Å². The first kappa shape index (κ1) is 15.8. The maximum absolute atomic E-state index is 12.2. The maximum Gasteiger partial charge on any atom is 0.240 e. The Bertz CT molecular complexity index is 426. The van der Waals surface area contributed by atoms with Gasteiger partial charge in [0.1, 0.15) is 6.04 Å². The highest BCUT2D eigenvalue weighted by molar-refractivity contribution is 5.83. The van der Waals surface area contributed by atoms with Crippen LogP contribution < -0.4 is 5.73 Å². The summed E-state index contributed by atoms with van der Waals surface area (Å²) < 4.78 is 0. The number of nitrogens with zero attached hydrogens (tertiary/aromatic N) is 3. The molecule has 2 aliphatic heterocycles. The fraction of sp³-hybridized carbons (Fsp3) is 0.800. The summed E-state index contributed by atoms with van der Waals surface area (Å²) in [6.07, 6.45) is 5.57. The van der Waals surface area contributed by atoms with Crippen molar-refractivity contribution >= 4 is 11.8 Å². The van der Waals surface area contributed by atoms with Gasteiger partial charge in [-0.05, 0) is 38.5 Å². The van der Waals surface area contributed by atoms with Gasteiger partial charge in [-0.3, -0.25) is 9.59 Å². The zero-order valence-electron chi connectivity index (χ0n) is 12.5. The lowest BCUT2D eigenvalue weighted by Gasteiger charge is -2.27. The zero-order valence-corrected chi connectivity index (χ0v) is 12.5. The molecule has 2 heterocycles. The van der Waals surface area contributed by atoms with E-state index in [0.717, 1.165) is 38.8 Å². The first-order chi connectivity index (χ1) is 10.1. The largest absolute Gasteiger partial charge is 0.343 e. The summed E-state index contributed by atoms with van der Waals surface area (Å²) in [5, 5.41) is 9.01. The van der Waals surface area contributed by atoms with Crippen LogP contribution in [0.2, 0.25) is 0 Å². The van der Waals surface area contributed by atoms with E-state index in [1.54, 1.807) is 4.90 Å². The van der Waals surface area contributed by atoms with E-state index in [9.17, 15) is 9.59 Å². The Morgan fingerprint density at radius 3 is 2.57 bits per heavy atom. The van der Waals surface area contributed by atoms with Crippen LogP contribution in [0.1, 0.15) is 44.9 Å². The minimum Gasteiger partial charge on any atom is -0.343 e. The summed E-state index contributed by atoms with van der Waals surface area (Å²) in [5.41, 5.74) is 5.92. The number of hydrogen-bond donors (Lipinski definition) is 1. The molecule has 0 unspecified atom stereocenters. The first-order valence-electron chi connectivity index (χ1n) is 7.87. The molecule has 2 fully saturated rings. The highest BCUT2D eigenvalue weighted by Gasteiger charge is 2.31. The van der Waals surface area contributed by atoms with E-state index in [-0.39, 0.29) is 17.9 Å². The SMILES string of the molecule is N#C[C@@H]1CCCN1C(=O)[C@@H](N)CCC(=O)N1CCCCC1. The van der Waals surface area contributed by atoms with Crippen molar-refractivity contribution in [2.24, 2.45) is 5.73 Å². The Labute approximate surface area is 125 Å². The van der Waals surface area contributed by atoms with Gasteiger partial charge in [0, 0.05) is 26.1 Å². The summed E-state index contributed by atoms with van der Waals surface area (Å²) in [7, 11) is 0. The summed E-state index contributed by atoms with van der Waals surface area (Å²) in [5.74, 6) is -0.0956. The molecule has 6 nitrogen and oxygen atoms in total. The van der Waals surface area contributed by atoms with E-state index in [4.69, 9.17) is 11.0 Å². The third-order valence-electron chi connectivity index (χ3n) is 4.38. The molecular weight excluding hydrogens is 268 g/mol. The summed E-state index contributed by atoms with van der Waals surface area (Å²) in [4.78, 5) is 27.7. The monoisotopic (exact) mass is 292 g/mol. The van der Waals surface area contributed by atoms with Crippen LogP contribution in [-0.4, -0.2) is 53.3 Å². The molecule has 21 heavy (non-hydrogen) atoms. The average Bonchev–Trinajstić information content (AvgIpc) is 3.00. The van der Waals surface area contributed by atoms with E-state index in [2.05, 4.69) is 6.07 Å². The molecule has 2 atom stereocenters. The molecule has 0 aliphatic carbocycles. The normalized spacial score (nSPS) is 23.7. The summed E-state index contributed by atoms with van der Waals surface area (Å²) >= 11 is 0. The van der Waals surface area contributed by atoms with E-state index < -0.39 is 6.04 Å². The molecule has 2 rings (SSSR count). The van der Waals surface area contributed by atoms with E-state index >= 15 is 0 Å². The molecule has 0 aromatic carbocycles. The van der Waals surface area contributed by atoms with Gasteiger partial charge < -0.3 is 15.5 Å². The smallest absolute Gasteiger partial charge is 0.240 e. The quantitative estimate of drug-likeness (QED) is 0.822. The van der Waals surface area contributed by atoms with Crippen LogP contribution >= 0.6 is 0 Å². The second kappa shape index (κ2) is 7.41. The van der Waals surface area contributed by atoms with Gasteiger partial charge in [-0.15, -0.1) is 0 Å². The Morgan fingerprint density at radius 1 is 1.19 bits per heavy atom. The lowest BCUT2D eigenvalue weighted by atomic mass is 10.1. The number of hydrogen-bond acceptors (Lipinski definition) is 4. The minimum absolute atomic E-state index is 0.0937. The standard InChI is InChI=1S/C15H24N4O2/c16-11-12-5-4-10-19(12)15(21)13(17)6-7-14(20)18-8-2-1-3-9-18/h12-13H,1-10,17H2/t12-,13-/m0/s1. The van der Waals surface area contributed by atoms with Crippen molar-refractivity contribution in [3.63, 3.8) is 0 Å². The Kier molecular flexibility index (Phi) is 5.57. The molecule has 2 N–H and O–H groups in total. The molecule has 2 amide bonds. The lowest BCUT2D eigenvalue weighted by Crippen LogP contribution is -2.46. The van der Waals surface area contributed by atoms with Gasteiger partial charge in [0.2, 0.25) is 11.8 Å². The van der Waals surface area contributed by atoms with Gasteiger partial charge >= 0.3 is 0 Å². The molecule has 0 aromatic rings. The number of likely N-dealkylation sites (tertiary alicyclic amines) is 2. The number of piperidine rings is 1. The molecule has 2 saturated heterocycles. The molecule has 0 spiro atoms. The number of amides is 2. The van der Waals surface area contributed by atoms with Gasteiger partial charge in [0.15, 0.2) is 0 Å². The average molecular weight is 292 g/mol. The Morgan fingerprint density at radius 2 is 1.90 bits per heavy atom. The lowest BCUT2D eigenvalue weighted by molar-refractivity contribution is -0.134. The molecule has 0 saturated carbocycles. The van der Waals surface area contributed by atoms with Crippen LogP contribution in [0, 0.1) is 11.3 Å². The zero-order chi connectivity index (χ0) is 15.2. The Hall–Kier alpha value is -1.61. The van der Waals surface area contributed by atoms with Crippen LogP contribution in [0.25, 0.3) is 0 Å². The fourth-order valence-corrected chi connectivity index (χ4v) is 3.08. The van der Waals surface area contributed by atoms with Gasteiger partial charge in [0.25, 0.3) is 0 Å². The van der Waals surface area contributed by atoms with Crippen LogP contribution in [0.5, 0.6) is 0 Å². The van der Waals surface area contributed by atoms with Crippen molar-refractivity contribution in [2.45, 2.75) is 57.0 Å². The number of nitrogens with two attached hydrogens (primary N) is 1. The fourth-order valence-electron chi connectivity index (χ4n) is 3.08. The van der Waals surface area contributed by atoms with Crippen molar-refractivity contribution in [1.82, 2.24) is 9.80 Å². The second-order valence-electron chi connectivity index (χ2n) is 5.91. The third kappa shape index (κ3) is 3.94. The van der Waals surface area contributed by atoms with Crippen molar-refractivity contribution in [3.05, 3.63) is 0 Å². The summed E-state index contributed by atoms with van der Waals surface area (Å²) in [6, 6.07) is 1.12. The van der Waals surface area contributed by atoms with Gasteiger partial charge in [-0.2, -0.15) is 5.26 Å². The third-order valence-corrected chi connectivity index (χ3v) is 4.38. The maximum atomic E-state index is 12.2. The van der Waals surface area contributed by atoms with Crippen molar-refractivity contribution in [3.8, 4) is 6.07 Å². The topological polar surface area (TPSA) is 90.4 Å². The molecule has 2 aliphatic rings. The molecule has 6 heteroatoms. The molecule has 0 bridgehead atoms. The first-order valence-corrected chi connectivity index (χ1v) is 7.87. The Balaban J connectivity index is 1.78. The van der Waals surface area contributed by atoms with E-state index in [1.165, 1.54) is 6.42 Å². The van der Waals surface area contributed by atoms with Crippen molar-refractivity contribution in [2.75, 3.05) is 19.6 Å². The van der Waals surface area contributed by atoms with Crippen molar-refractivity contribution in [1.29, 1.82) is 5.26 Å². The predicted octanol–water partition coefficient (Wildman–Crippen LogP) is 0.621.